The summed E-state index contributed by atoms with van der Waals surface area (Å²) in [6.45, 7) is 0. The van der Waals surface area contributed by atoms with Crippen LogP contribution in [-0.4, -0.2) is 30.3 Å². The number of ether oxygens (including phenoxy) is 2. The molecular weight excluding hydrogens is 386 g/mol. The maximum atomic E-state index is 12.3. The minimum atomic E-state index is -0.349. The number of hydrogen-bond donors (Lipinski definition) is 1. The van der Waals surface area contributed by atoms with Crippen LogP contribution in [0, 0.1) is 0 Å². The highest BCUT2D eigenvalue weighted by molar-refractivity contribution is 7.15. The van der Waals surface area contributed by atoms with Crippen molar-refractivity contribution in [1.82, 2.24) is 10.2 Å². The Labute approximate surface area is 165 Å². The normalized spacial score (nSPS) is 11.1. The molecule has 1 heterocycles. The van der Waals surface area contributed by atoms with Crippen molar-refractivity contribution in [2.24, 2.45) is 0 Å². The van der Waals surface area contributed by atoms with E-state index in [1.807, 2.05) is 24.3 Å². The highest BCUT2D eigenvalue weighted by Crippen LogP contribution is 2.26. The van der Waals surface area contributed by atoms with E-state index in [-0.39, 0.29) is 10.9 Å². The van der Waals surface area contributed by atoms with E-state index in [0.29, 0.717) is 21.5 Å². The molecule has 0 aliphatic rings. The molecule has 1 aromatic heterocycles. The number of amides is 1. The second kappa shape index (κ2) is 8.66. The number of methoxy groups -OCH3 is 2. The third-order valence-electron chi connectivity index (χ3n) is 3.58. The number of nitrogens with zero attached hydrogens (tertiary/aromatic N) is 2. The van der Waals surface area contributed by atoms with Crippen molar-refractivity contribution in [3.8, 4) is 11.5 Å². The van der Waals surface area contributed by atoms with E-state index in [1.54, 1.807) is 44.6 Å². The molecular formula is C19H16ClN3O3S. The first kappa shape index (κ1) is 18.9. The van der Waals surface area contributed by atoms with Gasteiger partial charge in [0.25, 0.3) is 5.91 Å². The first-order valence-electron chi connectivity index (χ1n) is 7.89. The minimum absolute atomic E-state index is 0.224. The summed E-state index contributed by atoms with van der Waals surface area (Å²) in [4.78, 5) is 12.3. The molecule has 0 unspecified atom stereocenters. The van der Waals surface area contributed by atoms with Gasteiger partial charge < -0.3 is 14.8 Å². The van der Waals surface area contributed by atoms with Gasteiger partial charge in [-0.1, -0.05) is 35.1 Å². The van der Waals surface area contributed by atoms with Crippen molar-refractivity contribution in [3.63, 3.8) is 0 Å². The van der Waals surface area contributed by atoms with Gasteiger partial charge in [-0.05, 0) is 48.0 Å². The van der Waals surface area contributed by atoms with Crippen molar-refractivity contribution >= 4 is 45.6 Å². The highest BCUT2D eigenvalue weighted by atomic mass is 35.5. The number of rotatable bonds is 6. The third-order valence-corrected chi connectivity index (χ3v) is 4.94. The molecule has 0 fully saturated rings. The molecule has 6 nitrogen and oxygen atoms in total. The molecule has 0 spiro atoms. The molecule has 1 amide bonds. The quantitative estimate of drug-likeness (QED) is 0.656. The maximum Gasteiger partial charge on any atom is 0.286 e. The molecule has 138 valence electrons. The molecule has 3 aromatic rings. The number of aromatic nitrogens is 2. The number of hydrogen-bond acceptors (Lipinski definition) is 6. The average Bonchev–Trinajstić information content (AvgIpc) is 3.20. The van der Waals surface area contributed by atoms with Crippen LogP contribution in [0.4, 0.5) is 5.69 Å². The smallest absolute Gasteiger partial charge is 0.286 e. The summed E-state index contributed by atoms with van der Waals surface area (Å²) in [5, 5.41) is 11.8. The van der Waals surface area contributed by atoms with Crippen molar-refractivity contribution in [1.29, 1.82) is 0 Å². The molecule has 0 radical (unpaired) electrons. The van der Waals surface area contributed by atoms with E-state index in [2.05, 4.69) is 15.5 Å². The van der Waals surface area contributed by atoms with Crippen molar-refractivity contribution in [2.45, 2.75) is 0 Å². The van der Waals surface area contributed by atoms with Crippen LogP contribution in [0.2, 0.25) is 0 Å². The van der Waals surface area contributed by atoms with Crippen LogP contribution in [-0.2, 0) is 0 Å². The number of carbonyl (C=O) groups excluding carboxylic acids is 1. The first-order chi connectivity index (χ1) is 13.1. The molecule has 2 aromatic carbocycles. The summed E-state index contributed by atoms with van der Waals surface area (Å²) in [5.41, 5.74) is 1.53. The second-order valence-corrected chi connectivity index (χ2v) is 6.75. The van der Waals surface area contributed by atoms with E-state index < -0.39 is 0 Å². The molecule has 0 aliphatic heterocycles. The Morgan fingerprint density at radius 3 is 2.11 bits per heavy atom. The van der Waals surface area contributed by atoms with E-state index >= 15 is 0 Å². The Kier molecular flexibility index (Phi) is 6.05. The standard InChI is InChI=1S/C19H16ClN3O3S/c1-25-14-7-3-12(4-8-14)11-16(20)18-22-23-19(27-18)17(24)21-13-5-9-15(26-2)10-6-13/h3-11H,1-2H3,(H,21,24)/b16-11-. The largest absolute Gasteiger partial charge is 0.497 e. The van der Waals surface area contributed by atoms with Gasteiger partial charge >= 0.3 is 0 Å². The molecule has 0 saturated carbocycles. The predicted octanol–water partition coefficient (Wildman–Crippen LogP) is 4.54. The zero-order valence-electron chi connectivity index (χ0n) is 14.6. The molecule has 0 atom stereocenters. The lowest BCUT2D eigenvalue weighted by Gasteiger charge is -2.03. The Morgan fingerprint density at radius 1 is 0.963 bits per heavy atom. The SMILES string of the molecule is COc1ccc(/C=C(\Cl)c2nnc(C(=O)Nc3ccc(OC)cc3)s2)cc1. The van der Waals surface area contributed by atoms with Gasteiger partial charge in [0.1, 0.15) is 11.5 Å². The van der Waals surface area contributed by atoms with E-state index in [4.69, 9.17) is 21.1 Å². The second-order valence-electron chi connectivity index (χ2n) is 5.36. The number of anilines is 1. The van der Waals surface area contributed by atoms with Crippen LogP contribution in [0.25, 0.3) is 11.1 Å². The Balaban J connectivity index is 1.70. The molecule has 0 aliphatic carbocycles. The minimum Gasteiger partial charge on any atom is -0.497 e. The topological polar surface area (TPSA) is 73.3 Å². The van der Waals surface area contributed by atoms with Crippen molar-refractivity contribution in [3.05, 3.63) is 64.1 Å². The summed E-state index contributed by atoms with van der Waals surface area (Å²) >= 11 is 7.44. The van der Waals surface area contributed by atoms with Crippen molar-refractivity contribution in [2.75, 3.05) is 19.5 Å². The summed E-state index contributed by atoms with van der Waals surface area (Å²) in [7, 11) is 3.19. The zero-order chi connectivity index (χ0) is 19.2. The molecule has 3 rings (SSSR count). The van der Waals surface area contributed by atoms with Gasteiger partial charge in [0, 0.05) is 5.69 Å². The van der Waals surface area contributed by atoms with Gasteiger partial charge in [-0.3, -0.25) is 4.79 Å². The predicted molar refractivity (Wildman–Crippen MR) is 108 cm³/mol. The maximum absolute atomic E-state index is 12.3. The lowest BCUT2D eigenvalue weighted by atomic mass is 10.2. The Hall–Kier alpha value is -2.90. The van der Waals surface area contributed by atoms with Crippen LogP contribution in [0.3, 0.4) is 0 Å². The first-order valence-corrected chi connectivity index (χ1v) is 9.09. The van der Waals surface area contributed by atoms with Gasteiger partial charge in [0.2, 0.25) is 5.01 Å². The summed E-state index contributed by atoms with van der Waals surface area (Å²) in [6, 6.07) is 14.4. The van der Waals surface area contributed by atoms with Crippen molar-refractivity contribution < 1.29 is 14.3 Å². The Morgan fingerprint density at radius 2 is 1.52 bits per heavy atom. The van der Waals surface area contributed by atoms with Gasteiger partial charge in [0.15, 0.2) is 5.01 Å². The van der Waals surface area contributed by atoms with E-state index in [1.165, 1.54) is 0 Å². The molecule has 0 saturated heterocycles. The van der Waals surface area contributed by atoms with Gasteiger partial charge in [-0.15, -0.1) is 10.2 Å². The van der Waals surface area contributed by atoms with E-state index in [0.717, 1.165) is 22.6 Å². The number of halogens is 1. The fraction of sp³-hybridized carbons (Fsp3) is 0.105. The Bertz CT molecular complexity index is 953. The third kappa shape index (κ3) is 4.84. The number of benzene rings is 2. The monoisotopic (exact) mass is 401 g/mol. The molecule has 27 heavy (non-hydrogen) atoms. The lowest BCUT2D eigenvalue weighted by molar-refractivity contribution is 0.102. The fourth-order valence-corrected chi connectivity index (χ4v) is 3.10. The number of nitrogens with one attached hydrogen (secondary N) is 1. The van der Waals surface area contributed by atoms with Crippen LogP contribution in [0.5, 0.6) is 11.5 Å². The highest BCUT2D eigenvalue weighted by Gasteiger charge is 2.15. The van der Waals surface area contributed by atoms with Crippen LogP contribution in [0.15, 0.2) is 48.5 Å². The lowest BCUT2D eigenvalue weighted by Crippen LogP contribution is -2.11. The van der Waals surface area contributed by atoms with Crippen LogP contribution < -0.4 is 14.8 Å². The summed E-state index contributed by atoms with van der Waals surface area (Å²) in [5.74, 6) is 1.12. The van der Waals surface area contributed by atoms with Crippen LogP contribution in [0.1, 0.15) is 20.4 Å². The van der Waals surface area contributed by atoms with E-state index in [9.17, 15) is 4.79 Å². The van der Waals surface area contributed by atoms with Gasteiger partial charge in [0.05, 0.1) is 19.3 Å². The zero-order valence-corrected chi connectivity index (χ0v) is 16.2. The summed E-state index contributed by atoms with van der Waals surface area (Å²) < 4.78 is 10.2. The summed E-state index contributed by atoms with van der Waals surface area (Å²) in [6.07, 6.45) is 1.76. The fourth-order valence-electron chi connectivity index (χ4n) is 2.18. The molecule has 0 bridgehead atoms. The number of carbonyl (C=O) groups is 1. The molecule has 1 N–H and O–H groups in total. The van der Waals surface area contributed by atoms with Gasteiger partial charge in [-0.25, -0.2) is 0 Å². The molecule has 8 heteroatoms. The van der Waals surface area contributed by atoms with Gasteiger partial charge in [-0.2, -0.15) is 0 Å². The van der Waals surface area contributed by atoms with Crippen LogP contribution >= 0.6 is 22.9 Å². The average molecular weight is 402 g/mol.